The molecule has 0 bridgehead atoms. The zero-order valence-corrected chi connectivity index (χ0v) is 8.84. The Morgan fingerprint density at radius 3 is 2.81 bits per heavy atom. The van der Waals surface area contributed by atoms with Gasteiger partial charge in [-0.05, 0) is 12.1 Å². The van der Waals surface area contributed by atoms with E-state index in [9.17, 15) is 4.39 Å². The number of hydrogen-bond donors (Lipinski definition) is 1. The molecule has 2 aromatic rings. The fourth-order valence-corrected chi connectivity index (χ4v) is 1.41. The number of nitrogens with zero attached hydrogens (tertiary/aromatic N) is 4. The summed E-state index contributed by atoms with van der Waals surface area (Å²) in [6.45, 7) is 0. The highest BCUT2D eigenvalue weighted by molar-refractivity contribution is 5.11. The van der Waals surface area contributed by atoms with E-state index in [4.69, 9.17) is 5.73 Å². The number of aryl methyl sites for hydroxylation is 1. The minimum Gasteiger partial charge on any atom is -0.322 e. The van der Waals surface area contributed by atoms with Gasteiger partial charge in [0.1, 0.15) is 18.0 Å². The molecular formula is C10H12FN5. The van der Waals surface area contributed by atoms with Crippen LogP contribution in [0.3, 0.4) is 0 Å². The molecule has 2 heterocycles. The van der Waals surface area contributed by atoms with Crippen molar-refractivity contribution in [3.8, 4) is 0 Å². The Kier molecular flexibility index (Phi) is 2.91. The molecule has 2 N–H and O–H groups in total. The molecule has 0 saturated heterocycles. The Morgan fingerprint density at radius 2 is 2.25 bits per heavy atom. The van der Waals surface area contributed by atoms with Gasteiger partial charge in [-0.2, -0.15) is 5.10 Å². The Labute approximate surface area is 92.1 Å². The lowest BCUT2D eigenvalue weighted by Gasteiger charge is -2.09. The van der Waals surface area contributed by atoms with Crippen LogP contribution in [0.25, 0.3) is 0 Å². The summed E-state index contributed by atoms with van der Waals surface area (Å²) >= 11 is 0. The third-order valence-electron chi connectivity index (χ3n) is 2.34. The van der Waals surface area contributed by atoms with Crippen LogP contribution in [-0.4, -0.2) is 19.7 Å². The maximum atomic E-state index is 12.7. The number of aromatic nitrogens is 4. The Balaban J connectivity index is 2.11. The molecular weight excluding hydrogens is 209 g/mol. The molecule has 16 heavy (non-hydrogen) atoms. The van der Waals surface area contributed by atoms with Crippen LogP contribution in [0.2, 0.25) is 0 Å². The van der Waals surface area contributed by atoms with Crippen molar-refractivity contribution in [2.75, 3.05) is 0 Å². The predicted octanol–water partition coefficient (Wildman–Crippen LogP) is 0.592. The topological polar surface area (TPSA) is 69.6 Å². The summed E-state index contributed by atoms with van der Waals surface area (Å²) in [6, 6.07) is 2.62. The van der Waals surface area contributed by atoms with Gasteiger partial charge in [-0.3, -0.25) is 9.67 Å². The van der Waals surface area contributed by atoms with Gasteiger partial charge < -0.3 is 5.73 Å². The average molecular weight is 221 g/mol. The SMILES string of the molecule is Cn1ncnc1CC(N)c1ccc(F)cn1. The first-order valence-electron chi connectivity index (χ1n) is 4.86. The third kappa shape index (κ3) is 2.22. The summed E-state index contributed by atoms with van der Waals surface area (Å²) in [7, 11) is 1.80. The van der Waals surface area contributed by atoms with Gasteiger partial charge in [0.05, 0.1) is 17.9 Å². The molecule has 0 amide bonds. The van der Waals surface area contributed by atoms with E-state index < -0.39 is 0 Å². The van der Waals surface area contributed by atoms with Crippen molar-refractivity contribution < 1.29 is 4.39 Å². The number of halogens is 1. The number of rotatable bonds is 3. The normalized spacial score (nSPS) is 12.7. The van der Waals surface area contributed by atoms with Crippen LogP contribution in [0.1, 0.15) is 17.6 Å². The lowest BCUT2D eigenvalue weighted by molar-refractivity contribution is 0.598. The quantitative estimate of drug-likeness (QED) is 0.823. The Morgan fingerprint density at radius 1 is 1.44 bits per heavy atom. The van der Waals surface area contributed by atoms with Crippen LogP contribution in [-0.2, 0) is 13.5 Å². The third-order valence-corrected chi connectivity index (χ3v) is 2.34. The molecule has 0 aliphatic heterocycles. The summed E-state index contributed by atoms with van der Waals surface area (Å²) in [5.74, 6) is 0.410. The summed E-state index contributed by atoms with van der Waals surface area (Å²) in [5.41, 5.74) is 6.58. The van der Waals surface area contributed by atoms with Gasteiger partial charge in [0.15, 0.2) is 0 Å². The van der Waals surface area contributed by atoms with Crippen LogP contribution in [0.5, 0.6) is 0 Å². The van der Waals surface area contributed by atoms with Crippen molar-refractivity contribution in [2.24, 2.45) is 12.8 Å². The minimum absolute atomic E-state index is 0.302. The lowest BCUT2D eigenvalue weighted by Crippen LogP contribution is -2.17. The van der Waals surface area contributed by atoms with Crippen LogP contribution >= 0.6 is 0 Å². The standard InChI is InChI=1S/C10H12FN5/c1-16-10(14-6-15-16)4-8(12)9-3-2-7(11)5-13-9/h2-3,5-6,8H,4,12H2,1H3. The zero-order chi connectivity index (χ0) is 11.5. The first-order valence-corrected chi connectivity index (χ1v) is 4.86. The second-order valence-corrected chi connectivity index (χ2v) is 3.51. The van der Waals surface area contributed by atoms with E-state index in [0.29, 0.717) is 12.1 Å². The van der Waals surface area contributed by atoms with Crippen LogP contribution in [0.15, 0.2) is 24.7 Å². The second-order valence-electron chi connectivity index (χ2n) is 3.51. The first-order chi connectivity index (χ1) is 7.66. The fraction of sp³-hybridized carbons (Fsp3) is 0.300. The van der Waals surface area contributed by atoms with Gasteiger partial charge >= 0.3 is 0 Å². The number of hydrogen-bond acceptors (Lipinski definition) is 4. The van der Waals surface area contributed by atoms with E-state index in [1.54, 1.807) is 17.8 Å². The predicted molar refractivity (Wildman–Crippen MR) is 55.8 cm³/mol. The van der Waals surface area contributed by atoms with Gasteiger partial charge in [-0.25, -0.2) is 9.37 Å². The highest BCUT2D eigenvalue weighted by atomic mass is 19.1. The van der Waals surface area contributed by atoms with E-state index in [-0.39, 0.29) is 11.9 Å². The largest absolute Gasteiger partial charge is 0.322 e. The van der Waals surface area contributed by atoms with Crippen molar-refractivity contribution in [1.82, 2.24) is 19.7 Å². The molecule has 0 aromatic carbocycles. The van der Waals surface area contributed by atoms with Gasteiger partial charge in [-0.1, -0.05) is 0 Å². The van der Waals surface area contributed by atoms with Gasteiger partial charge in [0.2, 0.25) is 0 Å². The molecule has 0 radical (unpaired) electrons. The Hall–Kier alpha value is -1.82. The van der Waals surface area contributed by atoms with E-state index in [2.05, 4.69) is 15.1 Å². The highest BCUT2D eigenvalue weighted by Crippen LogP contribution is 2.12. The first kappa shape index (κ1) is 10.7. The molecule has 1 unspecified atom stereocenters. The van der Waals surface area contributed by atoms with Crippen molar-refractivity contribution in [3.05, 3.63) is 42.0 Å². The monoisotopic (exact) mass is 221 g/mol. The van der Waals surface area contributed by atoms with Crippen LogP contribution in [0, 0.1) is 5.82 Å². The number of pyridine rings is 1. The number of nitrogens with two attached hydrogens (primary N) is 1. The maximum absolute atomic E-state index is 12.7. The molecule has 6 heteroatoms. The molecule has 2 aromatic heterocycles. The minimum atomic E-state index is -0.366. The molecule has 0 fully saturated rings. The van der Waals surface area contributed by atoms with E-state index >= 15 is 0 Å². The van der Waals surface area contributed by atoms with Crippen LogP contribution in [0.4, 0.5) is 4.39 Å². The lowest BCUT2D eigenvalue weighted by atomic mass is 10.1. The van der Waals surface area contributed by atoms with E-state index in [1.165, 1.54) is 12.4 Å². The Bertz CT molecular complexity index is 464. The van der Waals surface area contributed by atoms with Crippen molar-refractivity contribution in [2.45, 2.75) is 12.5 Å². The molecule has 0 saturated carbocycles. The van der Waals surface area contributed by atoms with Crippen LogP contribution < -0.4 is 5.73 Å². The van der Waals surface area contributed by atoms with E-state index in [0.717, 1.165) is 12.0 Å². The molecule has 1 atom stereocenters. The summed E-state index contributed by atoms with van der Waals surface area (Å²) < 4.78 is 14.3. The summed E-state index contributed by atoms with van der Waals surface area (Å²) in [5, 5.41) is 3.95. The smallest absolute Gasteiger partial charge is 0.141 e. The molecule has 0 spiro atoms. The van der Waals surface area contributed by atoms with E-state index in [1.807, 2.05) is 0 Å². The fourth-order valence-electron chi connectivity index (χ4n) is 1.41. The van der Waals surface area contributed by atoms with Gasteiger partial charge in [-0.15, -0.1) is 0 Å². The van der Waals surface area contributed by atoms with Gasteiger partial charge in [0, 0.05) is 13.5 Å². The summed E-state index contributed by atoms with van der Waals surface area (Å²) in [6.07, 6.45) is 3.15. The molecule has 84 valence electrons. The van der Waals surface area contributed by atoms with Crippen molar-refractivity contribution in [3.63, 3.8) is 0 Å². The van der Waals surface area contributed by atoms with Crippen molar-refractivity contribution in [1.29, 1.82) is 0 Å². The molecule has 2 rings (SSSR count). The molecule has 0 aliphatic rings. The summed E-state index contributed by atoms with van der Waals surface area (Å²) in [4.78, 5) is 8.00. The van der Waals surface area contributed by atoms with Crippen molar-refractivity contribution >= 4 is 0 Å². The maximum Gasteiger partial charge on any atom is 0.141 e. The molecule has 5 nitrogen and oxygen atoms in total. The van der Waals surface area contributed by atoms with Gasteiger partial charge in [0.25, 0.3) is 0 Å². The second kappa shape index (κ2) is 4.36. The molecule has 0 aliphatic carbocycles. The zero-order valence-electron chi connectivity index (χ0n) is 8.84. The average Bonchev–Trinajstić information content (AvgIpc) is 2.65. The highest BCUT2D eigenvalue weighted by Gasteiger charge is 2.11.